The van der Waals surface area contributed by atoms with Gasteiger partial charge in [-0.1, -0.05) is 23.7 Å². The van der Waals surface area contributed by atoms with Crippen LogP contribution in [0.2, 0.25) is 5.02 Å². The van der Waals surface area contributed by atoms with Crippen molar-refractivity contribution in [3.63, 3.8) is 0 Å². The van der Waals surface area contributed by atoms with Crippen molar-refractivity contribution in [2.24, 2.45) is 23.2 Å². The number of nitrogens with one attached hydrogen (secondary N) is 3. The van der Waals surface area contributed by atoms with E-state index in [0.29, 0.717) is 28.3 Å². The Bertz CT molecular complexity index is 760. The Hall–Kier alpha value is -2.08. The van der Waals surface area contributed by atoms with Crippen LogP contribution in [0.25, 0.3) is 0 Å². The van der Waals surface area contributed by atoms with E-state index in [0.717, 1.165) is 19.3 Å². The lowest BCUT2D eigenvalue weighted by atomic mass is 9.49. The summed E-state index contributed by atoms with van der Waals surface area (Å²) >= 11 is 5.99. The van der Waals surface area contributed by atoms with Crippen molar-refractivity contribution < 1.29 is 14.4 Å². The Morgan fingerprint density at radius 3 is 2.18 bits per heavy atom. The van der Waals surface area contributed by atoms with Crippen LogP contribution in [0.15, 0.2) is 24.3 Å². The first-order chi connectivity index (χ1) is 13.4. The molecular formula is C21H26ClN3O3. The monoisotopic (exact) mass is 403 g/mol. The summed E-state index contributed by atoms with van der Waals surface area (Å²) in [6, 6.07) is 6.75. The third-order valence-electron chi connectivity index (χ3n) is 6.59. The molecule has 4 fully saturated rings. The molecule has 3 amide bonds. The summed E-state index contributed by atoms with van der Waals surface area (Å²) in [5, 5.41) is 3.04. The minimum Gasteiger partial charge on any atom is -0.351 e. The molecule has 4 aliphatic rings. The Kier molecular flexibility index (Phi) is 5.32. The second-order valence-corrected chi connectivity index (χ2v) is 9.09. The van der Waals surface area contributed by atoms with Gasteiger partial charge in [-0.25, -0.2) is 0 Å². The quantitative estimate of drug-likeness (QED) is 0.660. The molecule has 0 unspecified atom stereocenters. The molecule has 0 aromatic heterocycles. The lowest BCUT2D eigenvalue weighted by Gasteiger charge is -2.55. The van der Waals surface area contributed by atoms with Gasteiger partial charge < -0.3 is 5.32 Å². The highest BCUT2D eigenvalue weighted by atomic mass is 35.5. The van der Waals surface area contributed by atoms with Crippen molar-refractivity contribution in [2.45, 2.75) is 44.9 Å². The summed E-state index contributed by atoms with van der Waals surface area (Å²) in [6.07, 6.45) is 6.74. The van der Waals surface area contributed by atoms with E-state index in [2.05, 4.69) is 16.2 Å². The third-order valence-corrected chi connectivity index (χ3v) is 6.92. The number of amides is 3. The Balaban J connectivity index is 1.21. The second-order valence-electron chi connectivity index (χ2n) is 8.69. The lowest BCUT2D eigenvalue weighted by Crippen LogP contribution is -2.56. The van der Waals surface area contributed by atoms with Crippen molar-refractivity contribution in [1.29, 1.82) is 0 Å². The van der Waals surface area contributed by atoms with Crippen molar-refractivity contribution in [2.75, 3.05) is 6.54 Å². The van der Waals surface area contributed by atoms with E-state index >= 15 is 0 Å². The van der Waals surface area contributed by atoms with Crippen LogP contribution in [-0.4, -0.2) is 24.3 Å². The molecule has 5 rings (SSSR count). The minimum atomic E-state index is -0.323. The zero-order chi connectivity index (χ0) is 19.7. The van der Waals surface area contributed by atoms with Crippen LogP contribution in [0, 0.1) is 23.2 Å². The van der Waals surface area contributed by atoms with Gasteiger partial charge in [0.15, 0.2) is 0 Å². The number of rotatable bonds is 5. The molecule has 1 aromatic carbocycles. The maximum atomic E-state index is 12.8. The van der Waals surface area contributed by atoms with Gasteiger partial charge in [0.2, 0.25) is 11.8 Å². The van der Waals surface area contributed by atoms with E-state index in [-0.39, 0.29) is 36.1 Å². The molecule has 0 radical (unpaired) electrons. The van der Waals surface area contributed by atoms with Gasteiger partial charge in [0.05, 0.1) is 16.0 Å². The molecule has 0 saturated heterocycles. The van der Waals surface area contributed by atoms with E-state index in [9.17, 15) is 14.4 Å². The molecular weight excluding hydrogens is 378 g/mol. The Labute approximate surface area is 169 Å². The van der Waals surface area contributed by atoms with Crippen molar-refractivity contribution in [3.8, 4) is 0 Å². The zero-order valence-corrected chi connectivity index (χ0v) is 16.6. The van der Waals surface area contributed by atoms with E-state index in [1.54, 1.807) is 24.3 Å². The standard InChI is InChI=1S/C21H26ClN3O3/c22-17-4-2-1-3-16(17)19(27)23-6-5-18(26)24-25-20(28)21-10-13-7-14(11-21)9-15(8-13)12-21/h1-4,13-15H,5-12H2,(H,23,27)(H,24,26)(H,25,28). The predicted molar refractivity (Wildman–Crippen MR) is 105 cm³/mol. The molecule has 4 bridgehead atoms. The van der Waals surface area contributed by atoms with Gasteiger partial charge in [-0.05, 0) is 68.4 Å². The number of hydrogen-bond acceptors (Lipinski definition) is 3. The van der Waals surface area contributed by atoms with Crippen LogP contribution in [0.5, 0.6) is 0 Å². The van der Waals surface area contributed by atoms with Crippen molar-refractivity contribution in [1.82, 2.24) is 16.2 Å². The van der Waals surface area contributed by atoms with Gasteiger partial charge in [0, 0.05) is 13.0 Å². The van der Waals surface area contributed by atoms with E-state index in [1.165, 1.54) is 19.3 Å². The van der Waals surface area contributed by atoms with Crippen LogP contribution in [-0.2, 0) is 9.59 Å². The first-order valence-corrected chi connectivity index (χ1v) is 10.4. The Morgan fingerprint density at radius 1 is 0.964 bits per heavy atom. The number of hydrazine groups is 1. The number of carbonyl (C=O) groups excluding carboxylic acids is 3. The summed E-state index contributed by atoms with van der Waals surface area (Å²) in [4.78, 5) is 36.9. The molecule has 0 aliphatic heterocycles. The summed E-state index contributed by atoms with van der Waals surface area (Å²) in [5.74, 6) is 1.33. The smallest absolute Gasteiger partial charge is 0.252 e. The van der Waals surface area contributed by atoms with Crippen LogP contribution in [0.3, 0.4) is 0 Å². The largest absolute Gasteiger partial charge is 0.351 e. The SMILES string of the molecule is O=C(CCNC(=O)c1ccccc1Cl)NNC(=O)C12CC3CC(CC(C3)C1)C2. The second kappa shape index (κ2) is 7.74. The number of benzene rings is 1. The highest BCUT2D eigenvalue weighted by Crippen LogP contribution is 2.60. The Morgan fingerprint density at radius 2 is 1.57 bits per heavy atom. The average Bonchev–Trinajstić information content (AvgIpc) is 2.65. The first-order valence-electron chi connectivity index (χ1n) is 10.1. The van der Waals surface area contributed by atoms with Crippen LogP contribution in [0.1, 0.15) is 55.3 Å². The van der Waals surface area contributed by atoms with Gasteiger partial charge in [-0.2, -0.15) is 0 Å². The number of carbonyl (C=O) groups is 3. The van der Waals surface area contributed by atoms with Crippen molar-refractivity contribution >= 4 is 29.3 Å². The van der Waals surface area contributed by atoms with E-state index in [1.807, 2.05) is 0 Å². The summed E-state index contributed by atoms with van der Waals surface area (Å²) in [6.45, 7) is 0.170. The number of hydrogen-bond donors (Lipinski definition) is 3. The summed E-state index contributed by atoms with van der Waals surface area (Å²) < 4.78 is 0. The average molecular weight is 404 g/mol. The normalized spacial score (nSPS) is 30.0. The molecule has 0 spiro atoms. The molecule has 7 heteroatoms. The van der Waals surface area contributed by atoms with Gasteiger partial charge in [0.1, 0.15) is 0 Å². The molecule has 4 saturated carbocycles. The fraction of sp³-hybridized carbons (Fsp3) is 0.571. The fourth-order valence-corrected chi connectivity index (χ4v) is 5.96. The molecule has 4 aliphatic carbocycles. The van der Waals surface area contributed by atoms with Crippen LogP contribution < -0.4 is 16.2 Å². The first kappa shape index (κ1) is 19.2. The topological polar surface area (TPSA) is 87.3 Å². The molecule has 28 heavy (non-hydrogen) atoms. The van der Waals surface area contributed by atoms with Gasteiger partial charge >= 0.3 is 0 Å². The summed E-state index contributed by atoms with van der Waals surface area (Å²) in [5.41, 5.74) is 5.25. The fourth-order valence-electron chi connectivity index (χ4n) is 5.74. The summed E-state index contributed by atoms with van der Waals surface area (Å²) in [7, 11) is 0. The molecule has 3 N–H and O–H groups in total. The zero-order valence-electron chi connectivity index (χ0n) is 15.8. The minimum absolute atomic E-state index is 0.0416. The number of halogens is 1. The molecule has 1 aromatic rings. The molecule has 0 heterocycles. The van der Waals surface area contributed by atoms with Gasteiger partial charge in [-0.3, -0.25) is 25.2 Å². The maximum Gasteiger partial charge on any atom is 0.252 e. The van der Waals surface area contributed by atoms with E-state index in [4.69, 9.17) is 11.6 Å². The predicted octanol–water partition coefficient (Wildman–Crippen LogP) is 2.82. The highest BCUT2D eigenvalue weighted by molar-refractivity contribution is 6.33. The highest BCUT2D eigenvalue weighted by Gasteiger charge is 2.54. The van der Waals surface area contributed by atoms with Crippen molar-refractivity contribution in [3.05, 3.63) is 34.9 Å². The lowest BCUT2D eigenvalue weighted by molar-refractivity contribution is -0.148. The van der Waals surface area contributed by atoms with E-state index < -0.39 is 0 Å². The van der Waals surface area contributed by atoms with Crippen LogP contribution in [0.4, 0.5) is 0 Å². The van der Waals surface area contributed by atoms with Crippen LogP contribution >= 0.6 is 11.6 Å². The molecule has 6 nitrogen and oxygen atoms in total. The molecule has 0 atom stereocenters. The molecule has 150 valence electrons. The van der Waals surface area contributed by atoms with Gasteiger partial charge in [0.25, 0.3) is 5.91 Å². The van der Waals surface area contributed by atoms with Gasteiger partial charge in [-0.15, -0.1) is 0 Å². The third kappa shape index (κ3) is 3.88. The maximum absolute atomic E-state index is 12.8.